The second-order valence-electron chi connectivity index (χ2n) is 3.02. The highest BCUT2D eigenvalue weighted by molar-refractivity contribution is 6.28. The molecule has 5 heteroatoms. The van der Waals surface area contributed by atoms with Gasteiger partial charge in [-0.3, -0.25) is 0 Å². The Kier molecular flexibility index (Phi) is 3.32. The Morgan fingerprint density at radius 3 is 2.87 bits per heavy atom. The molecule has 0 radical (unpaired) electrons. The summed E-state index contributed by atoms with van der Waals surface area (Å²) in [6.45, 7) is 1.29. The maximum atomic E-state index is 5.64. The molecule has 0 amide bonds. The van der Waals surface area contributed by atoms with Crippen LogP contribution in [0.2, 0.25) is 5.22 Å². The zero-order chi connectivity index (χ0) is 10.5. The van der Waals surface area contributed by atoms with E-state index in [1.807, 2.05) is 18.2 Å². The second-order valence-corrected chi connectivity index (χ2v) is 3.40. The Labute approximate surface area is 92.3 Å². The van der Waals surface area contributed by atoms with Gasteiger partial charge in [-0.15, -0.1) is 0 Å². The van der Waals surface area contributed by atoms with Gasteiger partial charge >= 0.3 is 0 Å². The average molecular weight is 224 g/mol. The highest BCUT2D eigenvalue weighted by Crippen LogP contribution is 2.12. The highest BCUT2D eigenvalue weighted by atomic mass is 35.5. The van der Waals surface area contributed by atoms with Crippen LogP contribution in [0, 0.1) is 0 Å². The predicted molar refractivity (Wildman–Crippen MR) is 56.3 cm³/mol. The van der Waals surface area contributed by atoms with E-state index in [0.717, 1.165) is 11.5 Å². The quantitative estimate of drug-likeness (QED) is 0.862. The first-order valence-corrected chi connectivity index (χ1v) is 4.94. The largest absolute Gasteiger partial charge is 0.448 e. The van der Waals surface area contributed by atoms with Crippen LogP contribution < -0.4 is 5.32 Å². The molecule has 0 fully saturated rings. The summed E-state index contributed by atoms with van der Waals surface area (Å²) in [5.74, 6) is 0.809. The van der Waals surface area contributed by atoms with Gasteiger partial charge in [-0.05, 0) is 35.9 Å². The summed E-state index contributed by atoms with van der Waals surface area (Å²) in [4.78, 5) is 0. The molecule has 0 spiro atoms. The van der Waals surface area contributed by atoms with Gasteiger partial charge in [-0.2, -0.15) is 10.2 Å². The second kappa shape index (κ2) is 4.91. The van der Waals surface area contributed by atoms with E-state index in [1.54, 1.807) is 12.3 Å². The predicted octanol–water partition coefficient (Wildman–Crippen LogP) is 2.01. The van der Waals surface area contributed by atoms with Crippen molar-refractivity contribution >= 4 is 11.6 Å². The molecular formula is C10H10ClN3O. The van der Waals surface area contributed by atoms with Crippen molar-refractivity contribution < 1.29 is 4.42 Å². The summed E-state index contributed by atoms with van der Waals surface area (Å²) < 4.78 is 5.19. The Morgan fingerprint density at radius 1 is 1.27 bits per heavy atom. The average Bonchev–Trinajstić information content (AvgIpc) is 2.66. The molecule has 15 heavy (non-hydrogen) atoms. The monoisotopic (exact) mass is 223 g/mol. The van der Waals surface area contributed by atoms with Crippen LogP contribution in [-0.2, 0) is 13.1 Å². The molecule has 78 valence electrons. The Balaban J connectivity index is 1.80. The molecule has 0 aliphatic carbocycles. The lowest BCUT2D eigenvalue weighted by atomic mass is 10.4. The smallest absolute Gasteiger partial charge is 0.193 e. The number of rotatable bonds is 4. The van der Waals surface area contributed by atoms with E-state index in [0.29, 0.717) is 18.3 Å². The van der Waals surface area contributed by atoms with Gasteiger partial charge in [0.05, 0.1) is 12.2 Å². The number of aromatic nitrogens is 2. The molecule has 2 aromatic rings. The number of hydrogen-bond acceptors (Lipinski definition) is 4. The fourth-order valence-electron chi connectivity index (χ4n) is 1.19. The first-order valence-electron chi connectivity index (χ1n) is 4.56. The van der Waals surface area contributed by atoms with E-state index in [-0.39, 0.29) is 0 Å². The van der Waals surface area contributed by atoms with Crippen LogP contribution in [0.4, 0.5) is 0 Å². The molecule has 0 aromatic carbocycles. The van der Waals surface area contributed by atoms with Gasteiger partial charge in [0.25, 0.3) is 0 Å². The minimum Gasteiger partial charge on any atom is -0.448 e. The summed E-state index contributed by atoms with van der Waals surface area (Å²) in [5.41, 5.74) is 0.898. The molecule has 0 aliphatic rings. The van der Waals surface area contributed by atoms with Crippen LogP contribution in [0.15, 0.2) is 34.9 Å². The van der Waals surface area contributed by atoms with Crippen molar-refractivity contribution in [1.29, 1.82) is 0 Å². The lowest BCUT2D eigenvalue weighted by molar-refractivity contribution is 0.483. The molecule has 0 saturated heterocycles. The Bertz CT molecular complexity index is 416. The Hall–Kier alpha value is -1.39. The van der Waals surface area contributed by atoms with Gasteiger partial charge in [0.15, 0.2) is 5.22 Å². The maximum absolute atomic E-state index is 5.64. The van der Waals surface area contributed by atoms with Crippen molar-refractivity contribution in [2.75, 3.05) is 0 Å². The lowest BCUT2D eigenvalue weighted by Crippen LogP contribution is -2.13. The summed E-state index contributed by atoms with van der Waals surface area (Å²) in [6, 6.07) is 7.33. The van der Waals surface area contributed by atoms with Crippen molar-refractivity contribution in [3.05, 3.63) is 47.1 Å². The third-order valence-electron chi connectivity index (χ3n) is 1.86. The Morgan fingerprint density at radius 2 is 2.20 bits per heavy atom. The number of furan rings is 1. The molecule has 2 heterocycles. The molecule has 0 saturated carbocycles. The van der Waals surface area contributed by atoms with Gasteiger partial charge in [0.2, 0.25) is 0 Å². The van der Waals surface area contributed by atoms with E-state index in [2.05, 4.69) is 15.5 Å². The zero-order valence-corrected chi connectivity index (χ0v) is 8.74. The molecule has 1 N–H and O–H groups in total. The third kappa shape index (κ3) is 3.04. The molecule has 0 unspecified atom stereocenters. The first-order chi connectivity index (χ1) is 7.34. The summed E-state index contributed by atoms with van der Waals surface area (Å²) in [6.07, 6.45) is 1.65. The van der Waals surface area contributed by atoms with E-state index < -0.39 is 0 Å². The van der Waals surface area contributed by atoms with Gasteiger partial charge in [0.1, 0.15) is 5.76 Å². The molecule has 0 bridgehead atoms. The normalized spacial score (nSPS) is 10.5. The standard InChI is InChI=1S/C10H10ClN3O/c11-10-4-3-9(15-10)7-12-6-8-2-1-5-13-14-8/h1-5,12H,6-7H2. The molecular weight excluding hydrogens is 214 g/mol. The van der Waals surface area contributed by atoms with E-state index >= 15 is 0 Å². The van der Waals surface area contributed by atoms with Crippen molar-refractivity contribution in [2.45, 2.75) is 13.1 Å². The molecule has 0 aliphatic heterocycles. The van der Waals surface area contributed by atoms with Gasteiger partial charge < -0.3 is 9.73 Å². The number of nitrogens with zero attached hydrogens (tertiary/aromatic N) is 2. The third-order valence-corrected chi connectivity index (χ3v) is 2.06. The lowest BCUT2D eigenvalue weighted by Gasteiger charge is -2.00. The van der Waals surface area contributed by atoms with Crippen molar-refractivity contribution in [1.82, 2.24) is 15.5 Å². The highest BCUT2D eigenvalue weighted by Gasteiger charge is 1.99. The number of hydrogen-bond donors (Lipinski definition) is 1. The maximum Gasteiger partial charge on any atom is 0.193 e. The van der Waals surface area contributed by atoms with Crippen molar-refractivity contribution in [3.63, 3.8) is 0 Å². The minimum atomic E-state index is 0.409. The fraction of sp³-hybridized carbons (Fsp3) is 0.200. The summed E-state index contributed by atoms with van der Waals surface area (Å²) in [5, 5.41) is 11.3. The topological polar surface area (TPSA) is 51.0 Å². The SMILES string of the molecule is Clc1ccc(CNCc2cccnn2)o1. The van der Waals surface area contributed by atoms with Crippen molar-refractivity contribution in [2.24, 2.45) is 0 Å². The van der Waals surface area contributed by atoms with Crippen LogP contribution >= 0.6 is 11.6 Å². The molecule has 0 atom stereocenters. The molecule has 4 nitrogen and oxygen atoms in total. The van der Waals surface area contributed by atoms with Gasteiger partial charge in [-0.1, -0.05) is 0 Å². The van der Waals surface area contributed by atoms with Crippen LogP contribution in [-0.4, -0.2) is 10.2 Å². The molecule has 2 rings (SSSR count). The van der Waals surface area contributed by atoms with Crippen LogP contribution in [0.3, 0.4) is 0 Å². The number of nitrogens with one attached hydrogen (secondary N) is 1. The summed E-state index contributed by atoms with van der Waals surface area (Å²) >= 11 is 5.64. The van der Waals surface area contributed by atoms with Crippen molar-refractivity contribution in [3.8, 4) is 0 Å². The van der Waals surface area contributed by atoms with E-state index in [4.69, 9.17) is 16.0 Å². The number of halogens is 1. The van der Waals surface area contributed by atoms with Crippen LogP contribution in [0.1, 0.15) is 11.5 Å². The van der Waals surface area contributed by atoms with Crippen LogP contribution in [0.5, 0.6) is 0 Å². The minimum absolute atomic E-state index is 0.409. The van der Waals surface area contributed by atoms with E-state index in [1.165, 1.54) is 0 Å². The molecule has 2 aromatic heterocycles. The fourth-order valence-corrected chi connectivity index (χ4v) is 1.35. The van der Waals surface area contributed by atoms with Crippen LogP contribution in [0.25, 0.3) is 0 Å². The summed E-state index contributed by atoms with van der Waals surface area (Å²) in [7, 11) is 0. The van der Waals surface area contributed by atoms with Gasteiger partial charge in [0, 0.05) is 12.7 Å². The van der Waals surface area contributed by atoms with Gasteiger partial charge in [-0.25, -0.2) is 0 Å². The first kappa shape index (κ1) is 10.1. The zero-order valence-electron chi connectivity index (χ0n) is 7.98. The van der Waals surface area contributed by atoms with E-state index in [9.17, 15) is 0 Å².